The van der Waals surface area contributed by atoms with Crippen LogP contribution in [-0.4, -0.2) is 17.4 Å². The van der Waals surface area contributed by atoms with E-state index in [0.717, 1.165) is 21.1 Å². The lowest BCUT2D eigenvalue weighted by atomic mass is 10.1. The predicted molar refractivity (Wildman–Crippen MR) is 93.9 cm³/mol. The van der Waals surface area contributed by atoms with Gasteiger partial charge in [-0.25, -0.2) is 17.4 Å². The Kier molecular flexibility index (Phi) is 3.64. The number of hydrogen-bond acceptors (Lipinski definition) is 4. The van der Waals surface area contributed by atoms with E-state index in [0.29, 0.717) is 10.2 Å². The number of benzene rings is 2. The van der Waals surface area contributed by atoms with Crippen molar-refractivity contribution in [3.05, 3.63) is 59.2 Å². The number of aromatic nitrogens is 2. The topological polar surface area (TPSA) is 52.0 Å². The van der Waals surface area contributed by atoms with E-state index < -0.39 is 21.8 Å². The molecule has 0 amide bonds. The van der Waals surface area contributed by atoms with E-state index in [1.54, 1.807) is 19.1 Å². The van der Waals surface area contributed by atoms with Gasteiger partial charge in [0.15, 0.2) is 0 Å². The summed E-state index contributed by atoms with van der Waals surface area (Å²) in [6, 6.07) is 9.16. The lowest BCUT2D eigenvalue weighted by Crippen LogP contribution is -2.12. The van der Waals surface area contributed by atoms with Gasteiger partial charge in [-0.05, 0) is 43.3 Å². The molecule has 0 radical (unpaired) electrons. The fourth-order valence-corrected chi connectivity index (χ4v) is 5.56. The molecule has 26 heavy (non-hydrogen) atoms. The maximum atomic E-state index is 13.1. The van der Waals surface area contributed by atoms with Crippen LogP contribution in [0.15, 0.2) is 53.6 Å². The summed E-state index contributed by atoms with van der Waals surface area (Å²) in [6.07, 6.45) is -3.21. The van der Waals surface area contributed by atoms with E-state index >= 15 is 0 Å². The Morgan fingerprint density at radius 2 is 1.88 bits per heavy atom. The Morgan fingerprint density at radius 1 is 1.12 bits per heavy atom. The fraction of sp³-hybridized carbons (Fsp3) is 0.118. The molecule has 4 nitrogen and oxygen atoms in total. The van der Waals surface area contributed by atoms with Gasteiger partial charge in [0.05, 0.1) is 26.3 Å². The van der Waals surface area contributed by atoms with Gasteiger partial charge < -0.3 is 0 Å². The van der Waals surface area contributed by atoms with Crippen LogP contribution in [0.2, 0.25) is 0 Å². The van der Waals surface area contributed by atoms with Crippen molar-refractivity contribution in [1.82, 2.24) is 8.96 Å². The number of rotatable bonds is 2. The molecule has 0 aliphatic heterocycles. The maximum absolute atomic E-state index is 13.1. The second-order valence-electron chi connectivity index (χ2n) is 5.73. The van der Waals surface area contributed by atoms with E-state index in [-0.39, 0.29) is 15.8 Å². The SMILES string of the molecule is Cc1nc2cccc(S(=O)(=O)n3ccc4cc(C(F)(F)F)ccc43)c2s1. The fourth-order valence-electron chi connectivity index (χ4n) is 2.85. The quantitative estimate of drug-likeness (QED) is 0.488. The summed E-state index contributed by atoms with van der Waals surface area (Å²) in [4.78, 5) is 4.37. The molecule has 0 saturated carbocycles. The average molecular weight is 396 g/mol. The van der Waals surface area contributed by atoms with Gasteiger partial charge in [0.2, 0.25) is 0 Å². The highest BCUT2D eigenvalue weighted by Gasteiger charge is 2.31. The molecule has 0 fully saturated rings. The van der Waals surface area contributed by atoms with E-state index in [1.807, 2.05) is 0 Å². The molecular formula is C17H11F3N2O2S2. The first-order valence-electron chi connectivity index (χ1n) is 7.48. The zero-order valence-electron chi connectivity index (χ0n) is 13.3. The Balaban J connectivity index is 1.93. The molecule has 0 atom stereocenters. The number of alkyl halides is 3. The second-order valence-corrected chi connectivity index (χ2v) is 8.71. The summed E-state index contributed by atoms with van der Waals surface area (Å²) in [7, 11) is -3.98. The minimum Gasteiger partial charge on any atom is -0.241 e. The first-order valence-corrected chi connectivity index (χ1v) is 9.73. The second kappa shape index (κ2) is 5.55. The summed E-state index contributed by atoms with van der Waals surface area (Å²) < 4.78 is 66.4. The molecule has 0 N–H and O–H groups in total. The molecule has 134 valence electrons. The lowest BCUT2D eigenvalue weighted by Gasteiger charge is -2.10. The van der Waals surface area contributed by atoms with E-state index in [4.69, 9.17) is 0 Å². The molecule has 0 unspecified atom stereocenters. The van der Waals surface area contributed by atoms with Crippen LogP contribution in [0.25, 0.3) is 21.1 Å². The minimum absolute atomic E-state index is 0.0815. The monoisotopic (exact) mass is 396 g/mol. The third kappa shape index (κ3) is 2.58. The number of halogens is 3. The summed E-state index contributed by atoms with van der Waals surface area (Å²) in [5.74, 6) is 0. The summed E-state index contributed by atoms with van der Waals surface area (Å²) in [6.45, 7) is 1.78. The van der Waals surface area contributed by atoms with Crippen molar-refractivity contribution in [3.63, 3.8) is 0 Å². The Morgan fingerprint density at radius 3 is 2.62 bits per heavy atom. The van der Waals surface area contributed by atoms with Crippen molar-refractivity contribution in [2.75, 3.05) is 0 Å². The van der Waals surface area contributed by atoms with Crippen LogP contribution in [0.3, 0.4) is 0 Å². The van der Waals surface area contributed by atoms with E-state index in [1.165, 1.54) is 35.7 Å². The van der Waals surface area contributed by atoms with E-state index in [9.17, 15) is 21.6 Å². The van der Waals surface area contributed by atoms with Gasteiger partial charge in [0.1, 0.15) is 4.90 Å². The predicted octanol–water partition coefficient (Wildman–Crippen LogP) is 4.82. The van der Waals surface area contributed by atoms with Crippen molar-refractivity contribution >= 4 is 42.5 Å². The first kappa shape index (κ1) is 17.0. The van der Waals surface area contributed by atoms with Crippen LogP contribution in [-0.2, 0) is 16.2 Å². The van der Waals surface area contributed by atoms with Gasteiger partial charge in [-0.15, -0.1) is 11.3 Å². The normalized spacial score (nSPS) is 12.9. The summed E-state index contributed by atoms with van der Waals surface area (Å²) in [5, 5.41) is 0.936. The van der Waals surface area contributed by atoms with Crippen molar-refractivity contribution in [3.8, 4) is 0 Å². The number of nitrogens with zero attached hydrogens (tertiary/aromatic N) is 2. The van der Waals surface area contributed by atoms with Gasteiger partial charge in [-0.1, -0.05) is 6.07 Å². The van der Waals surface area contributed by atoms with Crippen LogP contribution in [0.4, 0.5) is 13.2 Å². The van der Waals surface area contributed by atoms with Crippen molar-refractivity contribution < 1.29 is 21.6 Å². The van der Waals surface area contributed by atoms with Crippen LogP contribution < -0.4 is 0 Å². The van der Waals surface area contributed by atoms with Crippen LogP contribution >= 0.6 is 11.3 Å². The van der Waals surface area contributed by atoms with Gasteiger partial charge >= 0.3 is 6.18 Å². The highest BCUT2D eigenvalue weighted by atomic mass is 32.2. The van der Waals surface area contributed by atoms with Crippen molar-refractivity contribution in [1.29, 1.82) is 0 Å². The Bertz CT molecular complexity index is 1250. The van der Waals surface area contributed by atoms with E-state index in [2.05, 4.69) is 4.98 Å². The molecule has 0 aliphatic rings. The number of hydrogen-bond donors (Lipinski definition) is 0. The number of thiazole rings is 1. The molecule has 0 aliphatic carbocycles. The summed E-state index contributed by atoms with van der Waals surface area (Å²) >= 11 is 1.26. The third-order valence-corrected chi connectivity index (χ3v) is 6.89. The van der Waals surface area contributed by atoms with Gasteiger partial charge in [0, 0.05) is 11.6 Å². The molecule has 2 aromatic carbocycles. The molecule has 9 heteroatoms. The van der Waals surface area contributed by atoms with Gasteiger partial charge in [0.25, 0.3) is 10.0 Å². The average Bonchev–Trinajstić information content (AvgIpc) is 3.15. The molecule has 2 heterocycles. The smallest absolute Gasteiger partial charge is 0.241 e. The highest BCUT2D eigenvalue weighted by Crippen LogP contribution is 2.34. The van der Waals surface area contributed by atoms with Crippen LogP contribution in [0.5, 0.6) is 0 Å². The van der Waals surface area contributed by atoms with Crippen LogP contribution in [0.1, 0.15) is 10.6 Å². The molecule has 4 rings (SSSR count). The van der Waals surface area contributed by atoms with Gasteiger partial charge in [-0.3, -0.25) is 0 Å². The molecule has 0 bridgehead atoms. The lowest BCUT2D eigenvalue weighted by molar-refractivity contribution is -0.137. The van der Waals surface area contributed by atoms with Crippen molar-refractivity contribution in [2.24, 2.45) is 0 Å². The summed E-state index contributed by atoms with van der Waals surface area (Å²) in [5.41, 5.74) is -0.0547. The minimum atomic E-state index is -4.49. The van der Waals surface area contributed by atoms with Crippen LogP contribution in [0, 0.1) is 6.92 Å². The maximum Gasteiger partial charge on any atom is 0.416 e. The first-order chi connectivity index (χ1) is 12.2. The molecular weight excluding hydrogens is 385 g/mol. The van der Waals surface area contributed by atoms with Gasteiger partial charge in [-0.2, -0.15) is 13.2 Å². The molecule has 2 aromatic heterocycles. The number of aryl methyl sites for hydroxylation is 1. The largest absolute Gasteiger partial charge is 0.416 e. The third-order valence-electron chi connectivity index (χ3n) is 4.00. The molecule has 0 saturated heterocycles. The molecule has 4 aromatic rings. The number of fused-ring (bicyclic) bond motifs is 2. The molecule has 0 spiro atoms. The zero-order chi connectivity index (χ0) is 18.7. The highest BCUT2D eigenvalue weighted by molar-refractivity contribution is 7.90. The Labute approximate surface area is 150 Å². The van der Waals surface area contributed by atoms with Crippen molar-refractivity contribution in [2.45, 2.75) is 18.0 Å². The Hall–Kier alpha value is -2.39. The standard InChI is InChI=1S/C17H11F3N2O2S2/c1-10-21-13-3-2-4-15(16(13)25-10)26(23,24)22-8-7-11-9-12(17(18,19)20)5-6-14(11)22/h2-9H,1H3. The zero-order valence-corrected chi connectivity index (χ0v) is 14.9.